The minimum atomic E-state index is -0.216. The maximum absolute atomic E-state index is 12.8. The lowest BCUT2D eigenvalue weighted by atomic mass is 10.2. The summed E-state index contributed by atoms with van der Waals surface area (Å²) in [6.07, 6.45) is 5.52. The van der Waals surface area contributed by atoms with Crippen molar-refractivity contribution in [2.75, 3.05) is 11.9 Å². The van der Waals surface area contributed by atoms with Gasteiger partial charge in [0.05, 0.1) is 0 Å². The van der Waals surface area contributed by atoms with E-state index in [2.05, 4.69) is 27.8 Å². The number of pyridine rings is 1. The summed E-state index contributed by atoms with van der Waals surface area (Å²) >= 11 is 0. The largest absolute Gasteiger partial charge is 0.381 e. The topological polar surface area (TPSA) is 37.0 Å². The maximum atomic E-state index is 12.8. The van der Waals surface area contributed by atoms with Crippen LogP contribution < -0.4 is 10.6 Å². The van der Waals surface area contributed by atoms with Gasteiger partial charge < -0.3 is 10.6 Å². The molecule has 21 heavy (non-hydrogen) atoms. The van der Waals surface area contributed by atoms with Gasteiger partial charge in [-0.1, -0.05) is 6.07 Å². The molecule has 110 valence electrons. The van der Waals surface area contributed by atoms with Gasteiger partial charge in [-0.15, -0.1) is 0 Å². The van der Waals surface area contributed by atoms with Gasteiger partial charge in [0.2, 0.25) is 0 Å². The monoisotopic (exact) mass is 285 g/mol. The minimum Gasteiger partial charge on any atom is -0.381 e. The van der Waals surface area contributed by atoms with Gasteiger partial charge in [-0.05, 0) is 48.7 Å². The van der Waals surface area contributed by atoms with Crippen LogP contribution in [0.4, 0.5) is 10.1 Å². The third-order valence-electron chi connectivity index (χ3n) is 3.62. The maximum Gasteiger partial charge on any atom is 0.123 e. The van der Waals surface area contributed by atoms with E-state index >= 15 is 0 Å². The van der Waals surface area contributed by atoms with E-state index in [0.717, 1.165) is 36.0 Å². The van der Waals surface area contributed by atoms with Crippen molar-refractivity contribution in [3.8, 4) is 0 Å². The first-order chi connectivity index (χ1) is 10.3. The Morgan fingerprint density at radius 1 is 1.10 bits per heavy atom. The Kier molecular flexibility index (Phi) is 4.46. The van der Waals surface area contributed by atoms with Gasteiger partial charge in [0.1, 0.15) is 5.82 Å². The van der Waals surface area contributed by atoms with Crippen molar-refractivity contribution >= 4 is 5.69 Å². The summed E-state index contributed by atoms with van der Waals surface area (Å²) in [6, 6.07) is 11.3. The first-order valence-corrected chi connectivity index (χ1v) is 7.46. The highest BCUT2D eigenvalue weighted by Crippen LogP contribution is 2.18. The molecule has 1 aliphatic rings. The van der Waals surface area contributed by atoms with E-state index in [-0.39, 0.29) is 5.82 Å². The second-order valence-electron chi connectivity index (χ2n) is 5.50. The molecule has 0 unspecified atom stereocenters. The van der Waals surface area contributed by atoms with Crippen molar-refractivity contribution in [1.29, 1.82) is 0 Å². The molecule has 1 aromatic carbocycles. The summed E-state index contributed by atoms with van der Waals surface area (Å²) in [4.78, 5) is 4.48. The van der Waals surface area contributed by atoms with Gasteiger partial charge in [-0.2, -0.15) is 0 Å². The summed E-state index contributed by atoms with van der Waals surface area (Å²) < 4.78 is 12.8. The lowest BCUT2D eigenvalue weighted by Crippen LogP contribution is -2.19. The van der Waals surface area contributed by atoms with Crippen molar-refractivity contribution in [2.45, 2.75) is 31.8 Å². The lowest BCUT2D eigenvalue weighted by Gasteiger charge is -2.07. The molecular formula is C17H20FN3. The number of nitrogens with zero attached hydrogens (tertiary/aromatic N) is 1. The fourth-order valence-electron chi connectivity index (χ4n) is 2.17. The van der Waals surface area contributed by atoms with Crippen LogP contribution in [0, 0.1) is 5.82 Å². The lowest BCUT2D eigenvalue weighted by molar-refractivity contribution is 0.628. The van der Waals surface area contributed by atoms with Crippen LogP contribution in [0.1, 0.15) is 24.1 Å². The number of hydrogen-bond acceptors (Lipinski definition) is 3. The number of aromatic nitrogens is 1. The van der Waals surface area contributed by atoms with E-state index in [9.17, 15) is 4.39 Å². The Bertz CT molecular complexity index is 562. The van der Waals surface area contributed by atoms with Crippen molar-refractivity contribution in [3.05, 3.63) is 59.7 Å². The smallest absolute Gasteiger partial charge is 0.123 e. The number of nitrogens with one attached hydrogen (secondary N) is 2. The predicted molar refractivity (Wildman–Crippen MR) is 82.7 cm³/mol. The second-order valence-corrected chi connectivity index (χ2v) is 5.50. The number of rotatable bonds is 7. The third kappa shape index (κ3) is 4.53. The molecule has 1 heterocycles. The molecule has 0 radical (unpaired) electrons. The molecule has 1 saturated carbocycles. The molecule has 2 N–H and O–H groups in total. The molecule has 0 saturated heterocycles. The van der Waals surface area contributed by atoms with Gasteiger partial charge in [-0.25, -0.2) is 4.39 Å². The molecule has 1 fully saturated rings. The highest BCUT2D eigenvalue weighted by Gasteiger charge is 2.19. The van der Waals surface area contributed by atoms with E-state index in [1.807, 2.05) is 6.20 Å². The Morgan fingerprint density at radius 3 is 2.57 bits per heavy atom. The number of benzene rings is 1. The number of anilines is 1. The van der Waals surface area contributed by atoms with Gasteiger partial charge in [0.15, 0.2) is 0 Å². The summed E-state index contributed by atoms with van der Waals surface area (Å²) in [7, 11) is 0. The van der Waals surface area contributed by atoms with Crippen molar-refractivity contribution in [3.63, 3.8) is 0 Å². The van der Waals surface area contributed by atoms with Crippen LogP contribution in [-0.4, -0.2) is 17.6 Å². The molecule has 1 aromatic heterocycles. The normalized spacial score (nSPS) is 14.1. The second kappa shape index (κ2) is 6.68. The molecule has 0 bridgehead atoms. The minimum absolute atomic E-state index is 0.216. The first kappa shape index (κ1) is 14.0. The van der Waals surface area contributed by atoms with Crippen LogP contribution in [0.5, 0.6) is 0 Å². The van der Waals surface area contributed by atoms with Crippen molar-refractivity contribution < 1.29 is 4.39 Å². The summed E-state index contributed by atoms with van der Waals surface area (Å²) in [5.41, 5.74) is 3.15. The molecule has 3 nitrogen and oxygen atoms in total. The first-order valence-electron chi connectivity index (χ1n) is 7.46. The van der Waals surface area contributed by atoms with Crippen LogP contribution in [-0.2, 0) is 13.0 Å². The molecule has 0 atom stereocenters. The SMILES string of the molecule is Fc1ccc(NCc2ccc(CCNC3CC3)nc2)cc1. The average molecular weight is 285 g/mol. The average Bonchev–Trinajstić information content (AvgIpc) is 3.32. The van der Waals surface area contributed by atoms with E-state index in [0.29, 0.717) is 6.54 Å². The van der Waals surface area contributed by atoms with Crippen LogP contribution in [0.2, 0.25) is 0 Å². The number of halogens is 1. The zero-order valence-corrected chi connectivity index (χ0v) is 12.0. The van der Waals surface area contributed by atoms with Crippen LogP contribution >= 0.6 is 0 Å². The number of hydrogen-bond donors (Lipinski definition) is 2. The predicted octanol–water partition coefficient (Wildman–Crippen LogP) is 3.13. The Morgan fingerprint density at radius 2 is 1.90 bits per heavy atom. The van der Waals surface area contributed by atoms with Gasteiger partial charge in [-0.3, -0.25) is 4.98 Å². The fraction of sp³-hybridized carbons (Fsp3) is 0.353. The zero-order chi connectivity index (χ0) is 14.5. The van der Waals surface area contributed by atoms with Gasteiger partial charge in [0.25, 0.3) is 0 Å². The van der Waals surface area contributed by atoms with Crippen LogP contribution in [0.15, 0.2) is 42.6 Å². The molecule has 1 aliphatic carbocycles. The Balaban J connectivity index is 1.45. The van der Waals surface area contributed by atoms with Gasteiger partial charge in [0, 0.05) is 43.1 Å². The molecule has 0 spiro atoms. The van der Waals surface area contributed by atoms with E-state index in [4.69, 9.17) is 0 Å². The van der Waals surface area contributed by atoms with E-state index in [1.165, 1.54) is 25.0 Å². The Labute approximate surface area is 124 Å². The summed E-state index contributed by atoms with van der Waals surface area (Å²) in [5.74, 6) is -0.216. The molecule has 0 aliphatic heterocycles. The highest BCUT2D eigenvalue weighted by atomic mass is 19.1. The van der Waals surface area contributed by atoms with Crippen molar-refractivity contribution in [1.82, 2.24) is 10.3 Å². The standard InChI is InChI=1S/C17H20FN3/c18-14-2-5-16(6-3-14)20-11-13-1-4-17(21-12-13)9-10-19-15-7-8-15/h1-6,12,15,19-20H,7-11H2. The summed E-state index contributed by atoms with van der Waals surface area (Å²) in [5, 5.41) is 6.74. The zero-order valence-electron chi connectivity index (χ0n) is 12.0. The molecule has 4 heteroatoms. The molecule has 2 aromatic rings. The molecule has 0 amide bonds. The van der Waals surface area contributed by atoms with Crippen LogP contribution in [0.25, 0.3) is 0 Å². The van der Waals surface area contributed by atoms with E-state index in [1.54, 1.807) is 12.1 Å². The van der Waals surface area contributed by atoms with Crippen molar-refractivity contribution in [2.24, 2.45) is 0 Å². The Hall–Kier alpha value is -1.94. The fourth-order valence-corrected chi connectivity index (χ4v) is 2.17. The third-order valence-corrected chi connectivity index (χ3v) is 3.62. The van der Waals surface area contributed by atoms with Crippen LogP contribution in [0.3, 0.4) is 0 Å². The highest BCUT2D eigenvalue weighted by molar-refractivity contribution is 5.43. The van der Waals surface area contributed by atoms with Gasteiger partial charge >= 0.3 is 0 Å². The summed E-state index contributed by atoms with van der Waals surface area (Å²) in [6.45, 7) is 1.70. The van der Waals surface area contributed by atoms with E-state index < -0.39 is 0 Å². The quantitative estimate of drug-likeness (QED) is 0.820. The molecule has 3 rings (SSSR count). The molecular weight excluding hydrogens is 265 g/mol.